The van der Waals surface area contributed by atoms with Crippen LogP contribution in [0.25, 0.3) is 5.69 Å². The molecule has 0 spiro atoms. The lowest BCUT2D eigenvalue weighted by Gasteiger charge is -2.18. The van der Waals surface area contributed by atoms with Gasteiger partial charge in [0.25, 0.3) is 5.91 Å². The van der Waals surface area contributed by atoms with Crippen LogP contribution in [0.3, 0.4) is 0 Å². The number of nitrogens with one attached hydrogen (secondary N) is 2. The molecule has 180 valence electrons. The molecule has 0 radical (unpaired) electrons. The summed E-state index contributed by atoms with van der Waals surface area (Å²) in [5.41, 5.74) is 4.76. The van der Waals surface area contributed by atoms with E-state index >= 15 is 0 Å². The van der Waals surface area contributed by atoms with Crippen molar-refractivity contribution in [2.75, 3.05) is 12.0 Å². The Hall–Kier alpha value is -3.46. The number of benzene rings is 2. The predicted molar refractivity (Wildman–Crippen MR) is 132 cm³/mol. The molecular weight excluding hydrogens is 452 g/mol. The minimum Gasteiger partial charge on any atom is -0.350 e. The Morgan fingerprint density at radius 2 is 1.74 bits per heavy atom. The van der Waals surface area contributed by atoms with E-state index in [1.807, 2.05) is 61.9 Å². The Morgan fingerprint density at radius 3 is 2.38 bits per heavy atom. The van der Waals surface area contributed by atoms with Crippen LogP contribution < -0.4 is 10.6 Å². The summed E-state index contributed by atoms with van der Waals surface area (Å²) in [6.45, 7) is 5.87. The third-order valence-electron chi connectivity index (χ3n) is 5.56. The van der Waals surface area contributed by atoms with Gasteiger partial charge in [-0.1, -0.05) is 35.9 Å². The lowest BCUT2D eigenvalue weighted by molar-refractivity contribution is -0.123. The van der Waals surface area contributed by atoms with Gasteiger partial charge in [-0.25, -0.2) is 13.1 Å². The molecule has 3 rings (SSSR count). The summed E-state index contributed by atoms with van der Waals surface area (Å²) in [7, 11) is -3.31. The monoisotopic (exact) mass is 482 g/mol. The molecule has 0 unspecified atom stereocenters. The molecule has 2 N–H and O–H groups in total. The lowest BCUT2D eigenvalue weighted by Crippen LogP contribution is -2.47. The van der Waals surface area contributed by atoms with Gasteiger partial charge in [0.05, 0.1) is 17.1 Å². The van der Waals surface area contributed by atoms with Crippen LogP contribution >= 0.6 is 0 Å². The molecule has 0 aliphatic heterocycles. The number of para-hydroxylation sites is 1. The van der Waals surface area contributed by atoms with E-state index in [9.17, 15) is 18.0 Å². The van der Waals surface area contributed by atoms with Crippen molar-refractivity contribution >= 4 is 21.7 Å². The highest BCUT2D eigenvalue weighted by atomic mass is 32.2. The third kappa shape index (κ3) is 6.54. The number of sulfone groups is 1. The first kappa shape index (κ1) is 25.2. The molecule has 3 aromatic rings. The summed E-state index contributed by atoms with van der Waals surface area (Å²) >= 11 is 0. The summed E-state index contributed by atoms with van der Waals surface area (Å²) in [5.74, 6) is -1.10. The summed E-state index contributed by atoms with van der Waals surface area (Å²) in [6, 6.07) is 15.7. The van der Waals surface area contributed by atoms with Crippen LogP contribution in [-0.2, 0) is 21.2 Å². The van der Waals surface area contributed by atoms with Crippen LogP contribution in [-0.4, -0.2) is 48.1 Å². The van der Waals surface area contributed by atoms with Crippen molar-refractivity contribution in [3.05, 3.63) is 82.7 Å². The van der Waals surface area contributed by atoms with E-state index in [1.165, 1.54) is 0 Å². The minimum atomic E-state index is -3.31. The van der Waals surface area contributed by atoms with Crippen molar-refractivity contribution in [2.45, 2.75) is 39.8 Å². The van der Waals surface area contributed by atoms with Crippen LogP contribution in [0.15, 0.2) is 54.6 Å². The average Bonchev–Trinajstić information content (AvgIpc) is 3.08. The molecule has 0 saturated carbocycles. The zero-order valence-electron chi connectivity index (χ0n) is 19.8. The second-order valence-corrected chi connectivity index (χ2v) is 10.7. The molecule has 34 heavy (non-hydrogen) atoms. The molecule has 1 heterocycles. The zero-order chi connectivity index (χ0) is 24.9. The van der Waals surface area contributed by atoms with Gasteiger partial charge in [-0.15, -0.1) is 0 Å². The predicted octanol–water partition coefficient (Wildman–Crippen LogP) is 2.65. The highest BCUT2D eigenvalue weighted by molar-refractivity contribution is 7.90. The molecule has 0 fully saturated rings. The van der Waals surface area contributed by atoms with Crippen LogP contribution in [0.5, 0.6) is 0 Å². The molecule has 0 saturated heterocycles. The van der Waals surface area contributed by atoms with E-state index < -0.39 is 27.7 Å². The Kier molecular flexibility index (Phi) is 7.88. The second kappa shape index (κ2) is 10.6. The van der Waals surface area contributed by atoms with Crippen LogP contribution in [0.4, 0.5) is 0 Å². The van der Waals surface area contributed by atoms with Crippen LogP contribution in [0.1, 0.15) is 39.3 Å². The van der Waals surface area contributed by atoms with Crippen molar-refractivity contribution < 1.29 is 18.0 Å². The first-order chi connectivity index (χ1) is 16.0. The fraction of sp³-hybridized carbons (Fsp3) is 0.320. The zero-order valence-corrected chi connectivity index (χ0v) is 20.6. The molecule has 0 bridgehead atoms. The lowest BCUT2D eigenvalue weighted by atomic mass is 10.1. The van der Waals surface area contributed by atoms with Crippen molar-refractivity contribution in [1.82, 2.24) is 20.4 Å². The van der Waals surface area contributed by atoms with Crippen molar-refractivity contribution in [1.29, 1.82) is 0 Å². The maximum Gasteiger partial charge on any atom is 0.251 e. The van der Waals surface area contributed by atoms with Crippen LogP contribution in [0.2, 0.25) is 0 Å². The summed E-state index contributed by atoms with van der Waals surface area (Å²) < 4.78 is 25.2. The van der Waals surface area contributed by atoms with E-state index in [-0.39, 0.29) is 18.7 Å². The van der Waals surface area contributed by atoms with E-state index in [0.29, 0.717) is 5.56 Å². The Balaban J connectivity index is 1.75. The first-order valence-corrected chi connectivity index (χ1v) is 13.0. The summed E-state index contributed by atoms with van der Waals surface area (Å²) in [4.78, 5) is 25.7. The Bertz CT molecular complexity index is 1280. The van der Waals surface area contributed by atoms with Gasteiger partial charge in [0.1, 0.15) is 15.9 Å². The standard InChI is InChI=1S/C25H30N4O4S/c1-17-9-8-10-20(15-17)24(30)27-23(13-14-34(4,32)33)25(31)26-16-22-18(2)28-29(19(22)3)21-11-6-5-7-12-21/h5-12,15,23H,13-14,16H2,1-4H3,(H,26,31)(H,27,30)/t23-/m1/s1. The average molecular weight is 483 g/mol. The smallest absolute Gasteiger partial charge is 0.251 e. The number of aromatic nitrogens is 2. The molecule has 1 aromatic heterocycles. The Labute approximate surface area is 200 Å². The number of amides is 2. The minimum absolute atomic E-state index is 0.0243. The molecule has 2 amide bonds. The third-order valence-corrected chi connectivity index (χ3v) is 6.54. The molecule has 2 aromatic carbocycles. The number of aryl methyl sites for hydroxylation is 2. The SMILES string of the molecule is Cc1cccc(C(=O)N[C@H](CCS(C)(=O)=O)C(=O)NCc2c(C)nn(-c3ccccc3)c2C)c1. The van der Waals surface area contributed by atoms with Gasteiger partial charge in [0, 0.05) is 29.6 Å². The number of nitrogens with zero attached hydrogens (tertiary/aromatic N) is 2. The summed E-state index contributed by atoms with van der Waals surface area (Å²) in [5, 5.41) is 10.1. The van der Waals surface area contributed by atoms with Crippen molar-refractivity contribution in [2.24, 2.45) is 0 Å². The number of carbonyl (C=O) groups excluding carboxylic acids is 2. The van der Waals surface area contributed by atoms with Gasteiger partial charge < -0.3 is 10.6 Å². The molecule has 0 aliphatic carbocycles. The maximum atomic E-state index is 13.0. The second-order valence-electron chi connectivity index (χ2n) is 8.43. The fourth-order valence-electron chi connectivity index (χ4n) is 3.68. The van der Waals surface area contributed by atoms with Gasteiger partial charge >= 0.3 is 0 Å². The normalized spacial score (nSPS) is 12.2. The van der Waals surface area contributed by atoms with Gasteiger partial charge in [-0.05, 0) is 51.5 Å². The topological polar surface area (TPSA) is 110 Å². The van der Waals surface area contributed by atoms with Crippen LogP contribution in [0, 0.1) is 20.8 Å². The number of hydrogen-bond acceptors (Lipinski definition) is 5. The molecule has 0 aliphatic rings. The summed E-state index contributed by atoms with van der Waals surface area (Å²) in [6.07, 6.45) is 1.08. The fourth-order valence-corrected chi connectivity index (χ4v) is 4.34. The highest BCUT2D eigenvalue weighted by Gasteiger charge is 2.24. The molecular formula is C25H30N4O4S. The molecule has 8 nitrogen and oxygen atoms in total. The number of carbonyl (C=O) groups is 2. The molecule has 1 atom stereocenters. The maximum absolute atomic E-state index is 13.0. The quantitative estimate of drug-likeness (QED) is 0.487. The van der Waals surface area contributed by atoms with Crippen molar-refractivity contribution in [3.8, 4) is 5.69 Å². The first-order valence-electron chi connectivity index (χ1n) is 11.0. The van der Waals surface area contributed by atoms with E-state index in [0.717, 1.165) is 34.5 Å². The van der Waals surface area contributed by atoms with Gasteiger partial charge in [0.15, 0.2) is 0 Å². The number of hydrogen-bond donors (Lipinski definition) is 2. The Morgan fingerprint density at radius 1 is 1.03 bits per heavy atom. The largest absolute Gasteiger partial charge is 0.350 e. The van der Waals surface area contributed by atoms with Crippen molar-refractivity contribution in [3.63, 3.8) is 0 Å². The van der Waals surface area contributed by atoms with Gasteiger partial charge in [0.2, 0.25) is 5.91 Å². The number of rotatable bonds is 9. The van der Waals surface area contributed by atoms with E-state index in [1.54, 1.807) is 18.2 Å². The van der Waals surface area contributed by atoms with Gasteiger partial charge in [-0.2, -0.15) is 5.10 Å². The highest BCUT2D eigenvalue weighted by Crippen LogP contribution is 2.17. The van der Waals surface area contributed by atoms with E-state index in [2.05, 4.69) is 15.7 Å². The molecule has 9 heteroatoms. The van der Waals surface area contributed by atoms with E-state index in [4.69, 9.17) is 0 Å². The van der Waals surface area contributed by atoms with Gasteiger partial charge in [-0.3, -0.25) is 9.59 Å².